The van der Waals surface area contributed by atoms with Crippen molar-refractivity contribution in [2.24, 2.45) is 0 Å². The molecule has 0 amide bonds. The molecule has 0 fully saturated rings. The SMILES string of the molecule is C=C/C(=C\C(=C/C)C(=O)OC)c1ccccc1. The fraction of sp³-hybridized carbons (Fsp3) is 0.133. The molecule has 88 valence electrons. The number of methoxy groups -OCH3 is 1. The van der Waals surface area contributed by atoms with Crippen molar-refractivity contribution in [1.82, 2.24) is 0 Å². The predicted molar refractivity (Wildman–Crippen MR) is 70.4 cm³/mol. The largest absolute Gasteiger partial charge is 0.465 e. The summed E-state index contributed by atoms with van der Waals surface area (Å²) in [5.41, 5.74) is 2.43. The summed E-state index contributed by atoms with van der Waals surface area (Å²) in [6.45, 7) is 5.56. The third kappa shape index (κ3) is 3.45. The highest BCUT2D eigenvalue weighted by atomic mass is 16.5. The first-order chi connectivity index (χ1) is 8.22. The zero-order valence-corrected chi connectivity index (χ0v) is 10.1. The fourth-order valence-corrected chi connectivity index (χ4v) is 1.44. The molecule has 0 saturated carbocycles. The van der Waals surface area contributed by atoms with Gasteiger partial charge in [-0.2, -0.15) is 0 Å². The van der Waals surface area contributed by atoms with Crippen molar-refractivity contribution in [2.75, 3.05) is 7.11 Å². The van der Waals surface area contributed by atoms with Crippen LogP contribution in [-0.2, 0) is 9.53 Å². The van der Waals surface area contributed by atoms with Crippen molar-refractivity contribution in [1.29, 1.82) is 0 Å². The minimum Gasteiger partial charge on any atom is -0.465 e. The Kier molecular flexibility index (Phi) is 4.95. The zero-order valence-electron chi connectivity index (χ0n) is 10.1. The Hall–Kier alpha value is -2.09. The summed E-state index contributed by atoms with van der Waals surface area (Å²) in [4.78, 5) is 11.5. The van der Waals surface area contributed by atoms with Gasteiger partial charge in [0.25, 0.3) is 0 Å². The lowest BCUT2D eigenvalue weighted by atomic mass is 10.0. The molecule has 2 heteroatoms. The topological polar surface area (TPSA) is 26.3 Å². The predicted octanol–water partition coefficient (Wildman–Crippen LogP) is 3.38. The van der Waals surface area contributed by atoms with E-state index >= 15 is 0 Å². The van der Waals surface area contributed by atoms with Crippen LogP contribution in [0.5, 0.6) is 0 Å². The van der Waals surface area contributed by atoms with Crippen LogP contribution in [0.1, 0.15) is 12.5 Å². The summed E-state index contributed by atoms with van der Waals surface area (Å²) in [7, 11) is 1.37. The van der Waals surface area contributed by atoms with E-state index in [2.05, 4.69) is 6.58 Å². The highest BCUT2D eigenvalue weighted by Crippen LogP contribution is 2.17. The first kappa shape index (κ1) is 13.0. The molecule has 1 aromatic rings. The molecule has 2 nitrogen and oxygen atoms in total. The van der Waals surface area contributed by atoms with Crippen molar-refractivity contribution in [3.63, 3.8) is 0 Å². The quantitative estimate of drug-likeness (QED) is 0.448. The van der Waals surface area contributed by atoms with Gasteiger partial charge in [0.1, 0.15) is 0 Å². The average molecular weight is 228 g/mol. The number of allylic oxidation sites excluding steroid dienone is 3. The maximum absolute atomic E-state index is 11.5. The third-order valence-electron chi connectivity index (χ3n) is 2.37. The van der Waals surface area contributed by atoms with Gasteiger partial charge < -0.3 is 4.74 Å². The number of benzene rings is 1. The van der Waals surface area contributed by atoms with Crippen LogP contribution in [0.25, 0.3) is 5.57 Å². The van der Waals surface area contributed by atoms with E-state index in [1.54, 1.807) is 25.2 Å². The Labute approximate surface area is 102 Å². The monoisotopic (exact) mass is 228 g/mol. The molecule has 0 atom stereocenters. The van der Waals surface area contributed by atoms with E-state index in [-0.39, 0.29) is 5.97 Å². The van der Waals surface area contributed by atoms with Gasteiger partial charge in [-0.25, -0.2) is 4.79 Å². The lowest BCUT2D eigenvalue weighted by Crippen LogP contribution is -2.02. The third-order valence-corrected chi connectivity index (χ3v) is 2.37. The number of carbonyl (C=O) groups is 1. The van der Waals surface area contributed by atoms with E-state index in [0.29, 0.717) is 5.57 Å². The van der Waals surface area contributed by atoms with Gasteiger partial charge in [0.15, 0.2) is 0 Å². The summed E-state index contributed by atoms with van der Waals surface area (Å²) < 4.78 is 4.70. The van der Waals surface area contributed by atoms with Gasteiger partial charge in [-0.05, 0) is 24.1 Å². The van der Waals surface area contributed by atoms with E-state index in [4.69, 9.17) is 4.74 Å². The second-order valence-corrected chi connectivity index (χ2v) is 3.41. The Morgan fingerprint density at radius 3 is 2.41 bits per heavy atom. The molecule has 0 bridgehead atoms. The first-order valence-corrected chi connectivity index (χ1v) is 5.37. The molecule has 0 spiro atoms. The van der Waals surface area contributed by atoms with Crippen LogP contribution >= 0.6 is 0 Å². The maximum atomic E-state index is 11.5. The zero-order chi connectivity index (χ0) is 12.7. The molecule has 1 rings (SSSR count). The molecule has 0 saturated heterocycles. The van der Waals surface area contributed by atoms with Crippen LogP contribution in [0.4, 0.5) is 0 Å². The van der Waals surface area contributed by atoms with Crippen LogP contribution in [-0.4, -0.2) is 13.1 Å². The lowest BCUT2D eigenvalue weighted by Gasteiger charge is -2.04. The minimum absolute atomic E-state index is 0.345. The van der Waals surface area contributed by atoms with E-state index in [1.165, 1.54) is 7.11 Å². The average Bonchev–Trinajstić information content (AvgIpc) is 2.40. The van der Waals surface area contributed by atoms with E-state index in [1.807, 2.05) is 30.3 Å². The molecule has 0 aromatic heterocycles. The molecule has 0 aliphatic rings. The molecule has 17 heavy (non-hydrogen) atoms. The van der Waals surface area contributed by atoms with E-state index < -0.39 is 0 Å². The Balaban J connectivity index is 3.10. The second-order valence-electron chi connectivity index (χ2n) is 3.41. The molecule has 0 N–H and O–H groups in total. The molecule has 0 aliphatic heterocycles. The van der Waals surface area contributed by atoms with Gasteiger partial charge in [-0.1, -0.05) is 49.1 Å². The molecular weight excluding hydrogens is 212 g/mol. The fourth-order valence-electron chi connectivity index (χ4n) is 1.44. The summed E-state index contributed by atoms with van der Waals surface area (Å²) in [6.07, 6.45) is 5.22. The number of hydrogen-bond donors (Lipinski definition) is 0. The van der Waals surface area contributed by atoms with E-state index in [0.717, 1.165) is 11.1 Å². The lowest BCUT2D eigenvalue weighted by molar-refractivity contribution is -0.135. The number of esters is 1. The number of ether oxygens (including phenoxy) is 1. The van der Waals surface area contributed by atoms with Crippen LogP contribution in [0, 0.1) is 0 Å². The standard InChI is InChI=1S/C15H16O2/c1-4-12(14-9-7-6-8-10-14)11-13(5-2)15(16)17-3/h4-11H,1H2,2-3H3/b12-11+,13-5+. The number of hydrogen-bond acceptors (Lipinski definition) is 2. The Bertz CT molecular complexity index is 453. The molecule has 0 radical (unpaired) electrons. The van der Waals surface area contributed by atoms with Crippen molar-refractivity contribution >= 4 is 11.5 Å². The van der Waals surface area contributed by atoms with Gasteiger partial charge in [-0.15, -0.1) is 0 Å². The molecule has 0 aliphatic carbocycles. The van der Waals surface area contributed by atoms with Crippen LogP contribution < -0.4 is 0 Å². The highest BCUT2D eigenvalue weighted by molar-refractivity contribution is 5.95. The summed E-state index contributed by atoms with van der Waals surface area (Å²) in [5, 5.41) is 0. The maximum Gasteiger partial charge on any atom is 0.337 e. The summed E-state index contributed by atoms with van der Waals surface area (Å²) in [6, 6.07) is 9.78. The van der Waals surface area contributed by atoms with Gasteiger partial charge >= 0.3 is 5.97 Å². The van der Waals surface area contributed by atoms with Gasteiger partial charge in [0, 0.05) is 0 Å². The smallest absolute Gasteiger partial charge is 0.337 e. The molecule has 1 aromatic carbocycles. The van der Waals surface area contributed by atoms with Crippen molar-refractivity contribution in [3.05, 3.63) is 66.3 Å². The van der Waals surface area contributed by atoms with Gasteiger partial charge in [0.05, 0.1) is 12.7 Å². The number of rotatable bonds is 4. The molecule has 0 unspecified atom stereocenters. The molecular formula is C15H16O2. The number of carbonyl (C=O) groups excluding carboxylic acids is 1. The molecule has 0 heterocycles. The van der Waals surface area contributed by atoms with Gasteiger partial charge in [0.2, 0.25) is 0 Å². The normalized spacial score (nSPS) is 12.1. The van der Waals surface area contributed by atoms with Crippen LogP contribution in [0.15, 0.2) is 60.7 Å². The summed E-state index contributed by atoms with van der Waals surface area (Å²) in [5.74, 6) is -0.345. The van der Waals surface area contributed by atoms with Crippen LogP contribution in [0.3, 0.4) is 0 Å². The van der Waals surface area contributed by atoms with Gasteiger partial charge in [-0.3, -0.25) is 0 Å². The summed E-state index contributed by atoms with van der Waals surface area (Å²) >= 11 is 0. The van der Waals surface area contributed by atoms with Crippen molar-refractivity contribution in [3.8, 4) is 0 Å². The van der Waals surface area contributed by atoms with Crippen LogP contribution in [0.2, 0.25) is 0 Å². The van der Waals surface area contributed by atoms with Crippen molar-refractivity contribution < 1.29 is 9.53 Å². The Morgan fingerprint density at radius 1 is 1.29 bits per heavy atom. The Morgan fingerprint density at radius 2 is 1.94 bits per heavy atom. The second kappa shape index (κ2) is 6.48. The highest BCUT2D eigenvalue weighted by Gasteiger charge is 2.06. The van der Waals surface area contributed by atoms with E-state index in [9.17, 15) is 4.79 Å². The minimum atomic E-state index is -0.345. The van der Waals surface area contributed by atoms with Crippen molar-refractivity contribution in [2.45, 2.75) is 6.92 Å². The first-order valence-electron chi connectivity index (χ1n) is 5.37.